The first kappa shape index (κ1) is 24.3. The van der Waals surface area contributed by atoms with Crippen LogP contribution in [0.25, 0.3) is 0 Å². The molecule has 4 aliphatic rings. The van der Waals surface area contributed by atoms with E-state index in [0.29, 0.717) is 23.7 Å². The van der Waals surface area contributed by atoms with E-state index in [1.165, 1.54) is 51.4 Å². The van der Waals surface area contributed by atoms with Crippen molar-refractivity contribution in [2.24, 2.45) is 46.3 Å². The molecule has 8 atom stereocenters. The summed E-state index contributed by atoms with van der Waals surface area (Å²) in [7, 11) is 1.91. The normalized spacial score (nSPS) is 41.6. The summed E-state index contributed by atoms with van der Waals surface area (Å²) in [5.41, 5.74) is 0.529. The van der Waals surface area contributed by atoms with Crippen molar-refractivity contribution in [2.45, 2.75) is 98.1 Å². The number of carbonyl (C=O) groups excluding carboxylic acids is 1. The number of hydrogen-bond acceptors (Lipinski definition) is 4. The first-order valence-corrected chi connectivity index (χ1v) is 14.0. The number of nitrogens with zero attached hydrogens (tertiary/aromatic N) is 2. The van der Waals surface area contributed by atoms with Crippen molar-refractivity contribution in [1.82, 2.24) is 9.78 Å². The average molecular weight is 471 g/mol. The van der Waals surface area contributed by atoms with Crippen molar-refractivity contribution in [3.05, 3.63) is 12.4 Å². The Balaban J connectivity index is 1.32. The number of Topliss-reactive ketones (excluding diaryl/α,β-unsaturated/α-hetero) is 1. The lowest BCUT2D eigenvalue weighted by Gasteiger charge is -2.61. The molecule has 7 unspecified atom stereocenters. The Kier molecular flexibility index (Phi) is 6.63. The summed E-state index contributed by atoms with van der Waals surface area (Å²) in [5, 5.41) is 4.41. The van der Waals surface area contributed by atoms with Gasteiger partial charge < -0.3 is 9.47 Å². The summed E-state index contributed by atoms with van der Waals surface area (Å²) in [6.07, 6.45) is 15.3. The first-order chi connectivity index (χ1) is 16.3. The molecule has 0 amide bonds. The lowest BCUT2D eigenvalue weighted by atomic mass is 9.44. The quantitative estimate of drug-likeness (QED) is 0.479. The van der Waals surface area contributed by atoms with Gasteiger partial charge in [-0.1, -0.05) is 20.3 Å². The predicted octanol–water partition coefficient (Wildman–Crippen LogP) is 6.16. The first-order valence-electron chi connectivity index (χ1n) is 14.0. The summed E-state index contributed by atoms with van der Waals surface area (Å²) < 4.78 is 13.5. The van der Waals surface area contributed by atoms with Gasteiger partial charge in [0.2, 0.25) is 0 Å². The van der Waals surface area contributed by atoms with E-state index in [0.717, 1.165) is 42.4 Å². The Morgan fingerprint density at radius 2 is 1.97 bits per heavy atom. The van der Waals surface area contributed by atoms with Crippen LogP contribution < -0.4 is 4.74 Å². The van der Waals surface area contributed by atoms with Crippen LogP contribution in [0.5, 0.6) is 5.75 Å². The molecule has 0 saturated heterocycles. The van der Waals surface area contributed by atoms with Crippen LogP contribution in [0.1, 0.15) is 85.5 Å². The fourth-order valence-corrected chi connectivity index (χ4v) is 9.38. The third-order valence-electron chi connectivity index (χ3n) is 10.7. The largest absolute Gasteiger partial charge is 0.488 e. The van der Waals surface area contributed by atoms with Crippen LogP contribution in [0.4, 0.5) is 0 Å². The highest BCUT2D eigenvalue weighted by Crippen LogP contribution is 2.68. The molecule has 34 heavy (non-hydrogen) atoms. The highest BCUT2D eigenvalue weighted by atomic mass is 16.5. The van der Waals surface area contributed by atoms with Gasteiger partial charge in [0.25, 0.3) is 0 Å². The van der Waals surface area contributed by atoms with E-state index in [1.54, 1.807) is 10.9 Å². The van der Waals surface area contributed by atoms with Gasteiger partial charge in [-0.3, -0.25) is 9.48 Å². The maximum atomic E-state index is 13.6. The van der Waals surface area contributed by atoms with Crippen molar-refractivity contribution >= 4 is 5.78 Å². The summed E-state index contributed by atoms with van der Waals surface area (Å²) in [4.78, 5) is 13.6. The molecule has 1 aromatic rings. The van der Waals surface area contributed by atoms with Gasteiger partial charge in [0, 0.05) is 13.0 Å². The van der Waals surface area contributed by atoms with E-state index in [2.05, 4.69) is 18.9 Å². The van der Waals surface area contributed by atoms with E-state index >= 15 is 0 Å². The molecule has 0 bridgehead atoms. The van der Waals surface area contributed by atoms with Gasteiger partial charge in [0.15, 0.2) is 11.5 Å². The molecule has 0 radical (unpaired) electrons. The predicted molar refractivity (Wildman–Crippen MR) is 134 cm³/mol. The number of ether oxygens (including phenoxy) is 2. The van der Waals surface area contributed by atoms with Crippen LogP contribution in [0.2, 0.25) is 0 Å². The Morgan fingerprint density at radius 1 is 1.15 bits per heavy atom. The summed E-state index contributed by atoms with van der Waals surface area (Å²) in [6, 6.07) is 0. The van der Waals surface area contributed by atoms with Gasteiger partial charge in [-0.05, 0) is 106 Å². The lowest BCUT2D eigenvalue weighted by Crippen LogP contribution is -2.56. The van der Waals surface area contributed by atoms with Gasteiger partial charge in [0.1, 0.15) is 0 Å². The number of hydrogen-bond donors (Lipinski definition) is 0. The number of ketones is 1. The van der Waals surface area contributed by atoms with E-state index in [-0.39, 0.29) is 17.4 Å². The maximum absolute atomic E-state index is 13.6. The minimum atomic E-state index is 0.113. The Hall–Kier alpha value is -1.36. The molecule has 4 aliphatic carbocycles. The fraction of sp³-hybridized carbons (Fsp3) is 0.862. The van der Waals surface area contributed by atoms with Crippen molar-refractivity contribution in [3.63, 3.8) is 0 Å². The van der Waals surface area contributed by atoms with Crippen molar-refractivity contribution in [2.75, 3.05) is 13.7 Å². The zero-order valence-corrected chi connectivity index (χ0v) is 22.1. The monoisotopic (exact) mass is 470 g/mol. The Morgan fingerprint density at radius 3 is 2.74 bits per heavy atom. The SMILES string of the molecule is COCC12CCC(C)CC1CCC1C2CCC2(C)C1CC[C@@H]2C(=O)Cn1cc(OC(C)C)cn1. The second-order valence-corrected chi connectivity index (χ2v) is 12.9. The molecular weight excluding hydrogens is 424 g/mol. The molecule has 5 nitrogen and oxygen atoms in total. The van der Waals surface area contributed by atoms with Gasteiger partial charge in [-0.25, -0.2) is 0 Å². The van der Waals surface area contributed by atoms with Crippen LogP contribution >= 0.6 is 0 Å². The molecule has 1 aromatic heterocycles. The number of carbonyl (C=O) groups is 1. The highest BCUT2D eigenvalue weighted by Gasteiger charge is 2.62. The van der Waals surface area contributed by atoms with Gasteiger partial charge >= 0.3 is 0 Å². The summed E-state index contributed by atoms with van der Waals surface area (Å²) >= 11 is 0. The van der Waals surface area contributed by atoms with Crippen molar-refractivity contribution < 1.29 is 14.3 Å². The minimum Gasteiger partial charge on any atom is -0.488 e. The van der Waals surface area contributed by atoms with Gasteiger partial charge in [-0.15, -0.1) is 0 Å². The van der Waals surface area contributed by atoms with Crippen LogP contribution in [0.3, 0.4) is 0 Å². The maximum Gasteiger partial charge on any atom is 0.157 e. The summed E-state index contributed by atoms with van der Waals surface area (Å²) in [5.74, 6) is 5.23. The lowest BCUT2D eigenvalue weighted by molar-refractivity contribution is -0.154. The molecule has 1 heterocycles. The van der Waals surface area contributed by atoms with Crippen LogP contribution in [0, 0.1) is 46.3 Å². The zero-order chi connectivity index (χ0) is 24.1. The van der Waals surface area contributed by atoms with E-state index in [1.807, 2.05) is 27.2 Å². The summed E-state index contributed by atoms with van der Waals surface area (Å²) in [6.45, 7) is 10.2. The standard InChI is InChI=1S/C29H46N2O3/c1-19(2)34-22-15-30-31(16-22)17-27(32)26-9-8-24-23-7-6-21-14-20(3)10-13-29(21,18-33-5)25(23)11-12-28(24,26)4/h15-16,19-21,23-26H,6-14,17-18H2,1-5H3/t20?,21?,23?,24?,25?,26-,28?,29?/m1/s1. The number of rotatable bonds is 7. The smallest absolute Gasteiger partial charge is 0.157 e. The van der Waals surface area contributed by atoms with Crippen LogP contribution in [0.15, 0.2) is 12.4 Å². The molecule has 0 spiro atoms. The molecule has 4 saturated carbocycles. The topological polar surface area (TPSA) is 53.4 Å². The van der Waals surface area contributed by atoms with Gasteiger partial charge in [0.05, 0.1) is 31.6 Å². The molecule has 0 aliphatic heterocycles. The van der Waals surface area contributed by atoms with E-state index in [9.17, 15) is 4.79 Å². The van der Waals surface area contributed by atoms with Crippen LogP contribution in [-0.2, 0) is 16.1 Å². The Labute approximate surface area is 206 Å². The number of methoxy groups -OCH3 is 1. The molecule has 0 N–H and O–H groups in total. The molecule has 5 heteroatoms. The van der Waals surface area contributed by atoms with Gasteiger partial charge in [-0.2, -0.15) is 5.10 Å². The molecule has 190 valence electrons. The minimum absolute atomic E-state index is 0.113. The third kappa shape index (κ3) is 4.04. The number of fused-ring (bicyclic) bond motifs is 5. The fourth-order valence-electron chi connectivity index (χ4n) is 9.38. The third-order valence-corrected chi connectivity index (χ3v) is 10.7. The molecular formula is C29H46N2O3. The zero-order valence-electron chi connectivity index (χ0n) is 22.1. The molecule has 0 aromatic carbocycles. The molecule has 4 fully saturated rings. The van der Waals surface area contributed by atoms with E-state index in [4.69, 9.17) is 9.47 Å². The highest BCUT2D eigenvalue weighted by molar-refractivity contribution is 5.82. The van der Waals surface area contributed by atoms with Crippen molar-refractivity contribution in [3.8, 4) is 5.75 Å². The van der Waals surface area contributed by atoms with E-state index < -0.39 is 0 Å². The molecule has 5 rings (SSSR count). The number of aromatic nitrogens is 2. The second-order valence-electron chi connectivity index (χ2n) is 12.9. The van der Waals surface area contributed by atoms with Crippen molar-refractivity contribution in [1.29, 1.82) is 0 Å². The second kappa shape index (κ2) is 9.26. The Bertz CT molecular complexity index is 880. The van der Waals surface area contributed by atoms with Crippen LogP contribution in [-0.4, -0.2) is 35.4 Å². The average Bonchev–Trinajstić information content (AvgIpc) is 3.37.